The summed E-state index contributed by atoms with van der Waals surface area (Å²) in [6.07, 6.45) is 0.725. The maximum atomic E-state index is 13.4. The van der Waals surface area contributed by atoms with Gasteiger partial charge in [-0.15, -0.1) is 23.1 Å². The van der Waals surface area contributed by atoms with Crippen LogP contribution in [0.15, 0.2) is 59.5 Å². The molecule has 0 radical (unpaired) electrons. The Balaban J connectivity index is 1.43. The number of hydrogen-bond donors (Lipinski definition) is 1. The van der Waals surface area contributed by atoms with Crippen molar-refractivity contribution in [2.45, 2.75) is 36.1 Å². The van der Waals surface area contributed by atoms with Crippen LogP contribution in [0, 0.1) is 0 Å². The molecule has 5 rings (SSSR count). The Hall–Kier alpha value is -3.14. The minimum absolute atomic E-state index is 0.0710. The van der Waals surface area contributed by atoms with Crippen molar-refractivity contribution in [1.82, 2.24) is 4.90 Å². The van der Waals surface area contributed by atoms with Gasteiger partial charge >= 0.3 is 5.97 Å². The summed E-state index contributed by atoms with van der Waals surface area (Å²) in [5.41, 5.74) is 8.92. The summed E-state index contributed by atoms with van der Waals surface area (Å²) < 4.78 is 5.08. The van der Waals surface area contributed by atoms with Gasteiger partial charge in [-0.05, 0) is 35.7 Å². The molecular formula is C26H25N3O4S2. The molecule has 1 fully saturated rings. The van der Waals surface area contributed by atoms with E-state index in [2.05, 4.69) is 17.0 Å². The van der Waals surface area contributed by atoms with Gasteiger partial charge < -0.3 is 10.5 Å². The SMILES string of the molecule is COC(=O)c1c(N2C(=O)CC(Sc3cccc(N)c3)C2=O)sc2c1CCN(Cc1ccccc1)C2. The molecular weight excluding hydrogens is 482 g/mol. The number of carbonyl (C=O) groups is 3. The van der Waals surface area contributed by atoms with E-state index in [4.69, 9.17) is 10.5 Å². The topological polar surface area (TPSA) is 92.9 Å². The smallest absolute Gasteiger partial charge is 0.341 e. The Morgan fingerprint density at radius 3 is 2.71 bits per heavy atom. The van der Waals surface area contributed by atoms with Gasteiger partial charge in [0.1, 0.15) is 5.00 Å². The predicted octanol–water partition coefficient (Wildman–Crippen LogP) is 4.10. The first-order chi connectivity index (χ1) is 16.9. The highest BCUT2D eigenvalue weighted by atomic mass is 32.2. The predicted molar refractivity (Wildman–Crippen MR) is 138 cm³/mol. The molecule has 1 unspecified atom stereocenters. The van der Waals surface area contributed by atoms with Crippen LogP contribution in [0.2, 0.25) is 0 Å². The van der Waals surface area contributed by atoms with Crippen LogP contribution in [-0.2, 0) is 33.8 Å². The van der Waals surface area contributed by atoms with E-state index in [1.54, 1.807) is 12.1 Å². The molecule has 2 aliphatic rings. The van der Waals surface area contributed by atoms with Gasteiger partial charge in [-0.3, -0.25) is 14.5 Å². The van der Waals surface area contributed by atoms with Crippen molar-refractivity contribution >= 4 is 51.6 Å². The van der Waals surface area contributed by atoms with E-state index < -0.39 is 11.2 Å². The average molecular weight is 508 g/mol. The fraction of sp³-hybridized carbons (Fsp3) is 0.269. The molecule has 3 heterocycles. The van der Waals surface area contributed by atoms with E-state index in [-0.39, 0.29) is 18.2 Å². The zero-order valence-corrected chi connectivity index (χ0v) is 20.9. The Morgan fingerprint density at radius 1 is 1.17 bits per heavy atom. The molecule has 0 saturated carbocycles. The number of amides is 2. The zero-order chi connectivity index (χ0) is 24.5. The lowest BCUT2D eigenvalue weighted by molar-refractivity contribution is -0.121. The monoisotopic (exact) mass is 507 g/mol. The van der Waals surface area contributed by atoms with Crippen LogP contribution in [0.1, 0.15) is 32.8 Å². The first-order valence-electron chi connectivity index (χ1n) is 11.3. The number of benzene rings is 2. The number of imide groups is 1. The molecule has 7 nitrogen and oxygen atoms in total. The quantitative estimate of drug-likeness (QED) is 0.305. The summed E-state index contributed by atoms with van der Waals surface area (Å²) in [6, 6.07) is 17.5. The molecule has 180 valence electrons. The molecule has 35 heavy (non-hydrogen) atoms. The highest BCUT2D eigenvalue weighted by Crippen LogP contribution is 2.43. The number of thioether (sulfide) groups is 1. The number of nitrogens with zero attached hydrogens (tertiary/aromatic N) is 2. The Morgan fingerprint density at radius 2 is 1.97 bits per heavy atom. The van der Waals surface area contributed by atoms with Gasteiger partial charge in [-0.2, -0.15) is 0 Å². The number of nitrogens with two attached hydrogens (primary N) is 1. The maximum Gasteiger partial charge on any atom is 0.341 e. The molecule has 0 spiro atoms. The number of nitrogen functional groups attached to an aromatic ring is 1. The van der Waals surface area contributed by atoms with Crippen LogP contribution >= 0.6 is 23.1 Å². The minimum atomic E-state index is -0.566. The standard InChI is InChI=1S/C26H25N3O4S2/c1-33-26(32)23-19-10-11-28(14-16-6-3-2-4-7-16)15-21(19)35-25(23)29-22(30)13-20(24(29)31)34-18-9-5-8-17(27)12-18/h2-9,12,20H,10-11,13-15,27H2,1H3. The minimum Gasteiger partial charge on any atom is -0.465 e. The molecule has 1 saturated heterocycles. The normalized spacial score (nSPS) is 18.1. The molecule has 1 aromatic heterocycles. The van der Waals surface area contributed by atoms with Gasteiger partial charge in [0.15, 0.2) is 0 Å². The van der Waals surface area contributed by atoms with Gasteiger partial charge in [0, 0.05) is 41.5 Å². The van der Waals surface area contributed by atoms with Crippen molar-refractivity contribution in [1.29, 1.82) is 0 Å². The van der Waals surface area contributed by atoms with E-state index in [0.29, 0.717) is 29.2 Å². The third kappa shape index (κ3) is 4.71. The number of esters is 1. The maximum absolute atomic E-state index is 13.4. The number of ether oxygens (including phenoxy) is 1. The second kappa shape index (κ2) is 9.85. The molecule has 2 aromatic carbocycles. The Labute approximate surface area is 211 Å². The Kier molecular flexibility index (Phi) is 6.64. The number of rotatable bonds is 6. The van der Waals surface area contributed by atoms with Gasteiger partial charge in [-0.1, -0.05) is 36.4 Å². The number of methoxy groups -OCH3 is 1. The second-order valence-corrected chi connectivity index (χ2v) is 10.9. The second-order valence-electron chi connectivity index (χ2n) is 8.57. The van der Waals surface area contributed by atoms with E-state index in [1.165, 1.54) is 40.7 Å². The lowest BCUT2D eigenvalue weighted by Crippen LogP contribution is -2.32. The van der Waals surface area contributed by atoms with Crippen LogP contribution in [0.4, 0.5) is 10.7 Å². The molecule has 0 aliphatic carbocycles. The number of carbonyl (C=O) groups excluding carboxylic acids is 3. The van der Waals surface area contributed by atoms with Crippen molar-refractivity contribution in [3.8, 4) is 0 Å². The number of thiophene rings is 1. The lowest BCUT2D eigenvalue weighted by atomic mass is 10.0. The fourth-order valence-corrected chi connectivity index (χ4v) is 7.07. The van der Waals surface area contributed by atoms with Crippen molar-refractivity contribution in [2.75, 3.05) is 24.3 Å². The number of fused-ring (bicyclic) bond motifs is 1. The number of anilines is 2. The molecule has 0 bridgehead atoms. The van der Waals surface area contributed by atoms with E-state index in [0.717, 1.165) is 28.4 Å². The van der Waals surface area contributed by atoms with Crippen LogP contribution < -0.4 is 10.6 Å². The largest absolute Gasteiger partial charge is 0.465 e. The highest BCUT2D eigenvalue weighted by molar-refractivity contribution is 8.00. The van der Waals surface area contributed by atoms with Crippen LogP contribution in [-0.4, -0.2) is 41.6 Å². The molecule has 2 aliphatic heterocycles. The van der Waals surface area contributed by atoms with Crippen molar-refractivity contribution in [3.63, 3.8) is 0 Å². The first kappa shape index (κ1) is 23.6. The van der Waals surface area contributed by atoms with Crippen LogP contribution in [0.3, 0.4) is 0 Å². The van der Waals surface area contributed by atoms with E-state index in [1.807, 2.05) is 30.3 Å². The average Bonchev–Trinajstić information content (AvgIpc) is 3.34. The summed E-state index contributed by atoms with van der Waals surface area (Å²) in [7, 11) is 1.33. The fourth-order valence-electron chi connectivity index (χ4n) is 4.55. The third-order valence-electron chi connectivity index (χ3n) is 6.20. The lowest BCUT2D eigenvalue weighted by Gasteiger charge is -2.27. The third-order valence-corrected chi connectivity index (χ3v) is 8.58. The molecule has 1 atom stereocenters. The zero-order valence-electron chi connectivity index (χ0n) is 19.2. The van der Waals surface area contributed by atoms with E-state index >= 15 is 0 Å². The molecule has 2 amide bonds. The number of hydrogen-bond acceptors (Lipinski definition) is 8. The van der Waals surface area contributed by atoms with Crippen molar-refractivity contribution in [2.24, 2.45) is 0 Å². The van der Waals surface area contributed by atoms with Crippen molar-refractivity contribution < 1.29 is 19.1 Å². The van der Waals surface area contributed by atoms with Crippen LogP contribution in [0.5, 0.6) is 0 Å². The van der Waals surface area contributed by atoms with E-state index in [9.17, 15) is 14.4 Å². The first-order valence-corrected chi connectivity index (χ1v) is 13.0. The Bertz CT molecular complexity index is 1290. The van der Waals surface area contributed by atoms with Crippen molar-refractivity contribution in [3.05, 3.63) is 76.2 Å². The van der Waals surface area contributed by atoms with Crippen LogP contribution in [0.25, 0.3) is 0 Å². The molecule has 9 heteroatoms. The van der Waals surface area contributed by atoms with Gasteiger partial charge in [0.25, 0.3) is 0 Å². The summed E-state index contributed by atoms with van der Waals surface area (Å²) >= 11 is 2.67. The molecule has 3 aromatic rings. The van der Waals surface area contributed by atoms with Gasteiger partial charge in [0.2, 0.25) is 11.8 Å². The summed E-state index contributed by atoms with van der Waals surface area (Å²) in [5, 5.41) is -0.183. The van der Waals surface area contributed by atoms with Gasteiger partial charge in [0.05, 0.1) is 17.9 Å². The molecule has 2 N–H and O–H groups in total. The highest BCUT2D eigenvalue weighted by Gasteiger charge is 2.44. The summed E-state index contributed by atoms with van der Waals surface area (Å²) in [6.45, 7) is 2.22. The summed E-state index contributed by atoms with van der Waals surface area (Å²) in [5.74, 6) is -1.13. The summed E-state index contributed by atoms with van der Waals surface area (Å²) in [4.78, 5) is 44.6. The van der Waals surface area contributed by atoms with Gasteiger partial charge in [-0.25, -0.2) is 9.69 Å².